The Bertz CT molecular complexity index is 1330. The molecule has 0 aliphatic carbocycles. The van der Waals surface area contributed by atoms with Crippen LogP contribution in [0.15, 0.2) is 54.7 Å². The second-order valence-corrected chi connectivity index (χ2v) is 9.07. The highest BCUT2D eigenvalue weighted by molar-refractivity contribution is 5.80. The van der Waals surface area contributed by atoms with Crippen molar-refractivity contribution in [3.63, 3.8) is 0 Å². The highest BCUT2D eigenvalue weighted by atomic mass is 19.4. The lowest BCUT2D eigenvalue weighted by molar-refractivity contribution is -0.212. The van der Waals surface area contributed by atoms with Crippen LogP contribution in [0.1, 0.15) is 16.7 Å². The SMILES string of the molecule is Fc1ccc(Cc2cccc3c2NC(N2CCN(c4ncccc4C(F)(F)F)CC2)(C(F)(F)F)N3)cc1F. The monoisotopic (exact) mass is 543 g/mol. The van der Waals surface area contributed by atoms with Gasteiger partial charge in [0, 0.05) is 32.4 Å². The van der Waals surface area contributed by atoms with Gasteiger partial charge in [-0.1, -0.05) is 18.2 Å². The van der Waals surface area contributed by atoms with E-state index in [9.17, 15) is 35.1 Å². The topological polar surface area (TPSA) is 43.4 Å². The maximum Gasteiger partial charge on any atom is 0.445 e. The van der Waals surface area contributed by atoms with Gasteiger partial charge in [0.1, 0.15) is 5.82 Å². The Hall–Kier alpha value is -3.61. The van der Waals surface area contributed by atoms with Crippen LogP contribution in [0.25, 0.3) is 0 Å². The molecule has 0 spiro atoms. The Balaban J connectivity index is 1.40. The van der Waals surface area contributed by atoms with Crippen LogP contribution in [0, 0.1) is 11.6 Å². The number of anilines is 3. The molecule has 202 valence electrons. The van der Waals surface area contributed by atoms with Crippen LogP contribution in [0.5, 0.6) is 0 Å². The van der Waals surface area contributed by atoms with Gasteiger partial charge in [0.2, 0.25) is 0 Å². The van der Waals surface area contributed by atoms with E-state index in [1.807, 2.05) is 0 Å². The number of hydrogen-bond acceptors (Lipinski definition) is 5. The first kappa shape index (κ1) is 26.0. The fraction of sp³-hybridized carbons (Fsp3) is 0.320. The first-order chi connectivity index (χ1) is 17.9. The average molecular weight is 543 g/mol. The van der Waals surface area contributed by atoms with Crippen LogP contribution in [-0.2, 0) is 12.6 Å². The first-order valence-corrected chi connectivity index (χ1v) is 11.6. The summed E-state index contributed by atoms with van der Waals surface area (Å²) in [4.78, 5) is 6.25. The van der Waals surface area contributed by atoms with Gasteiger partial charge >= 0.3 is 12.4 Å². The molecule has 3 heterocycles. The van der Waals surface area contributed by atoms with Crippen LogP contribution >= 0.6 is 0 Å². The summed E-state index contributed by atoms with van der Waals surface area (Å²) < 4.78 is 111. The summed E-state index contributed by atoms with van der Waals surface area (Å²) in [6, 6.07) is 9.92. The van der Waals surface area contributed by atoms with E-state index in [1.54, 1.807) is 12.1 Å². The molecule has 5 rings (SSSR count). The van der Waals surface area contributed by atoms with Gasteiger partial charge in [-0.05, 0) is 47.9 Å². The normalized spacial score (nSPS) is 20.2. The number of fused-ring (bicyclic) bond motifs is 1. The van der Waals surface area contributed by atoms with Gasteiger partial charge in [-0.3, -0.25) is 4.90 Å². The molecule has 2 aliphatic rings. The Morgan fingerprint density at radius 2 is 1.58 bits per heavy atom. The molecule has 13 heteroatoms. The molecule has 0 radical (unpaired) electrons. The van der Waals surface area contributed by atoms with Crippen molar-refractivity contribution in [3.8, 4) is 0 Å². The number of nitrogens with one attached hydrogen (secondary N) is 2. The van der Waals surface area contributed by atoms with E-state index in [4.69, 9.17) is 0 Å². The molecule has 1 aromatic heterocycles. The molecular weight excluding hydrogens is 522 g/mol. The molecule has 2 aliphatic heterocycles. The first-order valence-electron chi connectivity index (χ1n) is 11.6. The quantitative estimate of drug-likeness (QED) is 0.405. The van der Waals surface area contributed by atoms with Crippen molar-refractivity contribution in [2.24, 2.45) is 0 Å². The van der Waals surface area contributed by atoms with Crippen LogP contribution < -0.4 is 15.5 Å². The second kappa shape index (κ2) is 9.29. The average Bonchev–Trinajstić information content (AvgIpc) is 3.28. The molecule has 1 unspecified atom stereocenters. The summed E-state index contributed by atoms with van der Waals surface area (Å²) in [5.74, 6) is -5.15. The molecule has 2 N–H and O–H groups in total. The summed E-state index contributed by atoms with van der Waals surface area (Å²) in [6.45, 7) is -0.696. The number of benzene rings is 2. The Morgan fingerprint density at radius 3 is 2.24 bits per heavy atom. The zero-order valence-electron chi connectivity index (χ0n) is 19.6. The third kappa shape index (κ3) is 4.59. The third-order valence-electron chi connectivity index (χ3n) is 6.71. The van der Waals surface area contributed by atoms with Gasteiger partial charge in [0.25, 0.3) is 5.79 Å². The van der Waals surface area contributed by atoms with Crippen LogP contribution in [0.3, 0.4) is 0 Å². The van der Waals surface area contributed by atoms with Crippen molar-refractivity contribution in [2.75, 3.05) is 41.7 Å². The fourth-order valence-electron chi connectivity index (χ4n) is 4.88. The number of halogens is 8. The Labute approximate surface area is 212 Å². The van der Waals surface area contributed by atoms with E-state index >= 15 is 0 Å². The minimum atomic E-state index is -4.84. The van der Waals surface area contributed by atoms with E-state index in [0.717, 1.165) is 29.2 Å². The number of rotatable bonds is 4. The molecule has 38 heavy (non-hydrogen) atoms. The zero-order valence-corrected chi connectivity index (χ0v) is 19.6. The summed E-state index contributed by atoms with van der Waals surface area (Å²) in [7, 11) is 0. The minimum absolute atomic E-state index is 0.0384. The lowest BCUT2D eigenvalue weighted by Gasteiger charge is -2.46. The highest BCUT2D eigenvalue weighted by Crippen LogP contribution is 2.47. The van der Waals surface area contributed by atoms with E-state index in [1.165, 1.54) is 23.2 Å². The number of nitrogens with zero attached hydrogens (tertiary/aromatic N) is 3. The van der Waals surface area contributed by atoms with E-state index in [0.29, 0.717) is 11.1 Å². The summed E-state index contributed by atoms with van der Waals surface area (Å²) in [5.41, 5.74) is 0.155. The van der Waals surface area contributed by atoms with E-state index < -0.39 is 35.3 Å². The van der Waals surface area contributed by atoms with Crippen LogP contribution in [0.4, 0.5) is 52.3 Å². The molecule has 0 amide bonds. The Kier molecular flexibility index (Phi) is 6.36. The molecular formula is C25H21F8N5. The number of pyridine rings is 1. The minimum Gasteiger partial charge on any atom is -0.354 e. The predicted molar refractivity (Wildman–Crippen MR) is 125 cm³/mol. The lowest BCUT2D eigenvalue weighted by atomic mass is 10.0. The van der Waals surface area contributed by atoms with E-state index in [-0.39, 0.29) is 49.8 Å². The van der Waals surface area contributed by atoms with Gasteiger partial charge in [-0.15, -0.1) is 0 Å². The second-order valence-electron chi connectivity index (χ2n) is 9.07. The van der Waals surface area contributed by atoms with Crippen molar-refractivity contribution in [3.05, 3.63) is 83.1 Å². The number of hydrogen-bond donors (Lipinski definition) is 2. The van der Waals surface area contributed by atoms with Crippen molar-refractivity contribution < 1.29 is 35.1 Å². The molecule has 2 aromatic carbocycles. The number of para-hydroxylation sites is 1. The van der Waals surface area contributed by atoms with Gasteiger partial charge in [-0.25, -0.2) is 13.8 Å². The summed E-state index contributed by atoms with van der Waals surface area (Å²) in [6.07, 6.45) is -8.25. The van der Waals surface area contributed by atoms with Crippen LogP contribution in [0.2, 0.25) is 0 Å². The largest absolute Gasteiger partial charge is 0.445 e. The smallest absolute Gasteiger partial charge is 0.354 e. The summed E-state index contributed by atoms with van der Waals surface area (Å²) in [5, 5.41) is 5.11. The number of alkyl halides is 6. The van der Waals surface area contributed by atoms with Crippen molar-refractivity contribution in [1.29, 1.82) is 0 Å². The molecule has 1 atom stereocenters. The molecule has 1 saturated heterocycles. The maximum atomic E-state index is 14.6. The fourth-order valence-corrected chi connectivity index (χ4v) is 4.88. The highest BCUT2D eigenvalue weighted by Gasteiger charge is 2.62. The molecule has 3 aromatic rings. The predicted octanol–water partition coefficient (Wildman–Crippen LogP) is 5.85. The number of piperazine rings is 1. The van der Waals surface area contributed by atoms with Gasteiger partial charge in [-0.2, -0.15) is 26.3 Å². The van der Waals surface area contributed by atoms with Crippen molar-refractivity contribution in [1.82, 2.24) is 9.88 Å². The summed E-state index contributed by atoms with van der Waals surface area (Å²) >= 11 is 0. The van der Waals surface area contributed by atoms with Gasteiger partial charge in [0.15, 0.2) is 11.6 Å². The molecule has 0 bridgehead atoms. The number of aromatic nitrogens is 1. The Morgan fingerprint density at radius 1 is 0.842 bits per heavy atom. The van der Waals surface area contributed by atoms with Crippen LogP contribution in [-0.4, -0.2) is 48.0 Å². The molecule has 0 saturated carbocycles. The zero-order chi connectivity index (χ0) is 27.3. The molecule has 1 fully saturated rings. The third-order valence-corrected chi connectivity index (χ3v) is 6.71. The standard InChI is InChI=1S/C25H21F8N5/c26-18-7-6-15(14-19(18)27)13-16-3-1-5-20-21(16)36-25(35-20,24(31,32)33)38-11-9-37(10-12-38)22-17(23(28,29)30)4-2-8-34-22/h1-8,14,35-36H,9-13H2. The van der Waals surface area contributed by atoms with Crippen molar-refractivity contribution in [2.45, 2.75) is 24.6 Å². The van der Waals surface area contributed by atoms with Gasteiger partial charge < -0.3 is 15.5 Å². The maximum absolute atomic E-state index is 14.6. The van der Waals surface area contributed by atoms with Gasteiger partial charge in [0.05, 0.1) is 16.9 Å². The lowest BCUT2D eigenvalue weighted by Crippen LogP contribution is -2.70. The van der Waals surface area contributed by atoms with Crippen molar-refractivity contribution >= 4 is 17.2 Å². The molecule has 5 nitrogen and oxygen atoms in total. The van der Waals surface area contributed by atoms with E-state index in [2.05, 4.69) is 15.6 Å².